The van der Waals surface area contributed by atoms with Crippen LogP contribution in [0.1, 0.15) is 35.2 Å². The minimum absolute atomic E-state index is 0.210. The molecule has 0 saturated carbocycles. The van der Waals surface area contributed by atoms with Crippen LogP contribution in [0.3, 0.4) is 0 Å². The number of pyridine rings is 2. The zero-order valence-corrected chi connectivity index (χ0v) is 13.9. The zero-order valence-electron chi connectivity index (χ0n) is 13.9. The molecule has 26 heavy (non-hydrogen) atoms. The number of nitrogens with zero attached hydrogens (tertiary/aromatic N) is 3. The Bertz CT molecular complexity index is 845. The summed E-state index contributed by atoms with van der Waals surface area (Å²) in [6.45, 7) is 1.78. The molecule has 2 aromatic rings. The van der Waals surface area contributed by atoms with E-state index in [-0.39, 0.29) is 11.7 Å². The Morgan fingerprint density at radius 1 is 1.08 bits per heavy atom. The lowest BCUT2D eigenvalue weighted by Gasteiger charge is -2.24. The highest BCUT2D eigenvalue weighted by Crippen LogP contribution is 2.32. The molecule has 2 aliphatic heterocycles. The lowest BCUT2D eigenvalue weighted by Crippen LogP contribution is -2.29. The van der Waals surface area contributed by atoms with Gasteiger partial charge >= 0.3 is 6.18 Å². The van der Waals surface area contributed by atoms with Crippen molar-refractivity contribution in [2.45, 2.75) is 31.6 Å². The van der Waals surface area contributed by atoms with E-state index in [0.717, 1.165) is 36.1 Å². The van der Waals surface area contributed by atoms with E-state index in [4.69, 9.17) is 4.74 Å². The summed E-state index contributed by atoms with van der Waals surface area (Å²) in [5, 5.41) is 3.40. The molecular formula is C18H17F3N4O. The summed E-state index contributed by atoms with van der Waals surface area (Å²) in [6, 6.07) is 4.07. The predicted molar refractivity (Wildman–Crippen MR) is 90.3 cm³/mol. The standard InChI is InChI=1S/C18H17F3N4O/c19-18(20,21)12-2-6-22-14(9-12)16-15-11(10-24-16)1-5-23-17(15)25-13-3-7-26-8-4-13/h1-2,5-6,9,13H,3-4,7-8,10H2,(H,23,25). The van der Waals surface area contributed by atoms with Crippen molar-refractivity contribution in [2.75, 3.05) is 18.5 Å². The third kappa shape index (κ3) is 3.29. The van der Waals surface area contributed by atoms with E-state index in [2.05, 4.69) is 20.3 Å². The molecule has 4 rings (SSSR count). The van der Waals surface area contributed by atoms with E-state index in [1.165, 1.54) is 6.20 Å². The van der Waals surface area contributed by atoms with E-state index < -0.39 is 11.7 Å². The molecule has 0 radical (unpaired) electrons. The minimum atomic E-state index is -4.42. The van der Waals surface area contributed by atoms with Crippen LogP contribution in [0.25, 0.3) is 0 Å². The van der Waals surface area contributed by atoms with Gasteiger partial charge in [-0.05, 0) is 36.6 Å². The average Bonchev–Trinajstić information content (AvgIpc) is 3.07. The van der Waals surface area contributed by atoms with Crippen LogP contribution in [0.2, 0.25) is 0 Å². The largest absolute Gasteiger partial charge is 0.416 e. The molecule has 2 aliphatic rings. The number of anilines is 1. The molecule has 2 aromatic heterocycles. The number of hydrogen-bond acceptors (Lipinski definition) is 5. The van der Waals surface area contributed by atoms with Crippen molar-refractivity contribution in [3.63, 3.8) is 0 Å². The van der Waals surface area contributed by atoms with Crippen molar-refractivity contribution in [1.82, 2.24) is 9.97 Å². The van der Waals surface area contributed by atoms with Crippen LogP contribution in [0.5, 0.6) is 0 Å². The van der Waals surface area contributed by atoms with Gasteiger partial charge in [-0.25, -0.2) is 4.98 Å². The molecule has 1 N–H and O–H groups in total. The van der Waals surface area contributed by atoms with E-state index in [1.54, 1.807) is 6.20 Å². The number of halogens is 3. The minimum Gasteiger partial charge on any atom is -0.381 e. The van der Waals surface area contributed by atoms with E-state index in [9.17, 15) is 13.2 Å². The highest BCUT2D eigenvalue weighted by molar-refractivity contribution is 6.16. The fourth-order valence-electron chi connectivity index (χ4n) is 3.23. The van der Waals surface area contributed by atoms with E-state index in [1.807, 2.05) is 6.07 Å². The van der Waals surface area contributed by atoms with Crippen LogP contribution in [0, 0.1) is 0 Å². The number of aliphatic imine (C=N–C) groups is 1. The predicted octanol–water partition coefficient (Wildman–Crippen LogP) is 3.44. The van der Waals surface area contributed by atoms with E-state index in [0.29, 0.717) is 31.3 Å². The molecule has 5 nitrogen and oxygen atoms in total. The molecule has 0 bridgehead atoms. The van der Waals surface area contributed by atoms with Crippen molar-refractivity contribution >= 4 is 11.5 Å². The second-order valence-corrected chi connectivity index (χ2v) is 6.32. The Morgan fingerprint density at radius 3 is 2.62 bits per heavy atom. The van der Waals surface area contributed by atoms with Crippen molar-refractivity contribution in [2.24, 2.45) is 4.99 Å². The van der Waals surface area contributed by atoms with Gasteiger partial charge in [0.25, 0.3) is 0 Å². The third-order valence-electron chi connectivity index (χ3n) is 4.57. The number of nitrogens with one attached hydrogen (secondary N) is 1. The first-order valence-corrected chi connectivity index (χ1v) is 8.43. The quantitative estimate of drug-likeness (QED) is 0.909. The van der Waals surface area contributed by atoms with Crippen LogP contribution in [-0.4, -0.2) is 34.9 Å². The maximum atomic E-state index is 13.0. The topological polar surface area (TPSA) is 59.4 Å². The van der Waals surface area contributed by atoms with E-state index >= 15 is 0 Å². The lowest BCUT2D eigenvalue weighted by molar-refractivity contribution is -0.137. The van der Waals surface area contributed by atoms with Crippen LogP contribution in [0.15, 0.2) is 35.6 Å². The number of ether oxygens (including phenoxy) is 1. The molecular weight excluding hydrogens is 345 g/mol. The van der Waals surface area contributed by atoms with Gasteiger partial charge in [-0.2, -0.15) is 13.2 Å². The van der Waals surface area contributed by atoms with Gasteiger partial charge in [-0.15, -0.1) is 0 Å². The molecule has 1 fully saturated rings. The third-order valence-corrected chi connectivity index (χ3v) is 4.57. The number of hydrogen-bond donors (Lipinski definition) is 1. The molecule has 136 valence electrons. The first kappa shape index (κ1) is 17.0. The van der Waals surface area contributed by atoms with Gasteiger partial charge in [-0.3, -0.25) is 9.98 Å². The number of aromatic nitrogens is 2. The van der Waals surface area contributed by atoms with Crippen LogP contribution < -0.4 is 5.32 Å². The molecule has 8 heteroatoms. The Balaban J connectivity index is 1.68. The van der Waals surface area contributed by atoms with Crippen LogP contribution >= 0.6 is 0 Å². The normalized spacial score (nSPS) is 17.7. The Morgan fingerprint density at radius 2 is 1.85 bits per heavy atom. The van der Waals surface area contributed by atoms with Crippen molar-refractivity contribution in [3.05, 3.63) is 53.0 Å². The summed E-state index contributed by atoms with van der Waals surface area (Å²) in [7, 11) is 0. The molecule has 0 atom stereocenters. The maximum absolute atomic E-state index is 13.0. The van der Waals surface area contributed by atoms with Gasteiger partial charge in [0.15, 0.2) is 0 Å². The molecule has 0 amide bonds. The molecule has 4 heterocycles. The smallest absolute Gasteiger partial charge is 0.381 e. The summed E-state index contributed by atoms with van der Waals surface area (Å²) in [5.41, 5.74) is 1.60. The fourth-order valence-corrected chi connectivity index (χ4v) is 3.23. The number of fused-ring (bicyclic) bond motifs is 1. The van der Waals surface area contributed by atoms with Crippen molar-refractivity contribution in [1.29, 1.82) is 0 Å². The second kappa shape index (κ2) is 6.68. The zero-order chi connectivity index (χ0) is 18.1. The molecule has 1 saturated heterocycles. The van der Waals surface area contributed by atoms with Crippen molar-refractivity contribution < 1.29 is 17.9 Å². The summed E-state index contributed by atoms with van der Waals surface area (Å²) in [6.07, 6.45) is 0.163. The van der Waals surface area contributed by atoms with Gasteiger partial charge in [-0.1, -0.05) is 0 Å². The summed E-state index contributed by atoms with van der Waals surface area (Å²) < 4.78 is 44.5. The van der Waals surface area contributed by atoms with Gasteiger partial charge in [0.2, 0.25) is 0 Å². The SMILES string of the molecule is FC(F)(F)c1ccnc(C2=NCc3ccnc(NC4CCOCC4)c32)c1. The van der Waals surface area contributed by atoms with Crippen LogP contribution in [0.4, 0.5) is 19.0 Å². The Labute approximate surface area is 148 Å². The monoisotopic (exact) mass is 362 g/mol. The Hall–Kier alpha value is -2.48. The lowest BCUT2D eigenvalue weighted by atomic mass is 10.0. The second-order valence-electron chi connectivity index (χ2n) is 6.32. The average molecular weight is 362 g/mol. The van der Waals surface area contributed by atoms with Crippen LogP contribution in [-0.2, 0) is 17.5 Å². The molecule has 0 unspecified atom stereocenters. The highest BCUT2D eigenvalue weighted by Gasteiger charge is 2.32. The first-order valence-electron chi connectivity index (χ1n) is 8.43. The van der Waals surface area contributed by atoms with Gasteiger partial charge in [0, 0.05) is 37.2 Å². The number of rotatable bonds is 3. The fraction of sp³-hybridized carbons (Fsp3) is 0.389. The first-order chi connectivity index (χ1) is 12.5. The maximum Gasteiger partial charge on any atom is 0.416 e. The summed E-state index contributed by atoms with van der Waals surface area (Å²) >= 11 is 0. The number of alkyl halides is 3. The van der Waals surface area contributed by atoms with Crippen molar-refractivity contribution in [3.8, 4) is 0 Å². The van der Waals surface area contributed by atoms with Gasteiger partial charge in [0.05, 0.1) is 23.5 Å². The molecule has 0 spiro atoms. The van der Waals surface area contributed by atoms with Gasteiger partial charge < -0.3 is 10.1 Å². The molecule has 0 aromatic carbocycles. The highest BCUT2D eigenvalue weighted by atomic mass is 19.4. The van der Waals surface area contributed by atoms with Gasteiger partial charge in [0.1, 0.15) is 5.82 Å². The molecule has 0 aliphatic carbocycles. The Kier molecular flexibility index (Phi) is 4.36. The summed E-state index contributed by atoms with van der Waals surface area (Å²) in [4.78, 5) is 13.0. The summed E-state index contributed by atoms with van der Waals surface area (Å²) in [5.74, 6) is 0.643.